The van der Waals surface area contributed by atoms with Crippen molar-refractivity contribution < 1.29 is 45.4 Å². The standard InChI is InChI=1S/C8H12.C5H5.C4H10O2.Fe.Li/c1-2-4-6-8-7-5-3-1;1-2-4-5-3-1;1-5-3-4-6-2;;/h1-2,7-8H,3-6H2;1-5H;3-4H2,1-2H3;;/q;;;;+1. The topological polar surface area (TPSA) is 18.5 Å². The van der Waals surface area contributed by atoms with Crippen LogP contribution in [0.1, 0.15) is 25.7 Å². The van der Waals surface area contributed by atoms with Crippen LogP contribution in [0.3, 0.4) is 0 Å². The van der Waals surface area contributed by atoms with Gasteiger partial charge in [0.1, 0.15) is 0 Å². The van der Waals surface area contributed by atoms with Crippen LogP contribution in [0, 0.1) is 57.8 Å². The molecule has 115 valence electrons. The summed E-state index contributed by atoms with van der Waals surface area (Å²) in [6, 6.07) is 0. The summed E-state index contributed by atoms with van der Waals surface area (Å²) in [7, 11) is 3.30. The van der Waals surface area contributed by atoms with Gasteiger partial charge in [-0.15, -0.1) is 0 Å². The zero-order valence-corrected chi connectivity index (χ0v) is 14.7. The fourth-order valence-corrected chi connectivity index (χ4v) is 1.34. The van der Waals surface area contributed by atoms with Crippen LogP contribution in [0.5, 0.6) is 0 Å². The van der Waals surface area contributed by atoms with E-state index < -0.39 is 0 Å². The minimum Gasteiger partial charge on any atom is -0.382 e. The predicted molar refractivity (Wildman–Crippen MR) is 80.9 cm³/mol. The SMILES string of the molecule is COCCOC.[CH]1[CH]CC[CH][CH]CC1.[CH]1[CH][CH][CH][CH]1.[Fe].[Li+]. The minimum absolute atomic E-state index is 0. The van der Waals surface area contributed by atoms with Gasteiger partial charge in [0.25, 0.3) is 0 Å². The first-order valence-corrected chi connectivity index (χ1v) is 6.86. The first kappa shape index (κ1) is 26.9. The molecule has 0 bridgehead atoms. The molecule has 2 aliphatic rings. The molecule has 4 heteroatoms. The second kappa shape index (κ2) is 26.0. The van der Waals surface area contributed by atoms with Crippen LogP contribution < -0.4 is 18.9 Å². The molecule has 2 saturated carbocycles. The van der Waals surface area contributed by atoms with E-state index in [1.54, 1.807) is 14.2 Å². The van der Waals surface area contributed by atoms with Crippen molar-refractivity contribution in [2.24, 2.45) is 0 Å². The van der Waals surface area contributed by atoms with Crippen molar-refractivity contribution in [2.75, 3.05) is 27.4 Å². The quantitative estimate of drug-likeness (QED) is 0.561. The maximum atomic E-state index is 4.66. The zero-order chi connectivity index (χ0) is 14.0. The summed E-state index contributed by atoms with van der Waals surface area (Å²) in [6.07, 6.45) is 24.0. The summed E-state index contributed by atoms with van der Waals surface area (Å²) < 4.78 is 9.31. The van der Waals surface area contributed by atoms with Crippen molar-refractivity contribution in [3.63, 3.8) is 0 Å². The Bertz CT molecular complexity index is 120. The first-order chi connectivity index (χ1) is 9.41. The summed E-state index contributed by atoms with van der Waals surface area (Å²) in [4.78, 5) is 0. The molecule has 0 spiro atoms. The van der Waals surface area contributed by atoms with Gasteiger partial charge in [-0.3, -0.25) is 0 Å². The smallest absolute Gasteiger partial charge is 0.382 e. The Labute approximate surface area is 156 Å². The molecule has 9 radical (unpaired) electrons. The van der Waals surface area contributed by atoms with E-state index in [1.807, 2.05) is 32.1 Å². The summed E-state index contributed by atoms with van der Waals surface area (Å²) in [5.41, 5.74) is 0. The average molecular weight is 326 g/mol. The third-order valence-corrected chi connectivity index (χ3v) is 2.38. The van der Waals surface area contributed by atoms with Crippen molar-refractivity contribution in [1.82, 2.24) is 0 Å². The van der Waals surface area contributed by atoms with Crippen molar-refractivity contribution in [2.45, 2.75) is 25.7 Å². The van der Waals surface area contributed by atoms with Crippen molar-refractivity contribution in [3.8, 4) is 0 Å². The van der Waals surface area contributed by atoms with E-state index in [0.29, 0.717) is 13.2 Å². The van der Waals surface area contributed by atoms with Crippen LogP contribution in [0.4, 0.5) is 0 Å². The van der Waals surface area contributed by atoms with E-state index in [1.165, 1.54) is 25.7 Å². The van der Waals surface area contributed by atoms with Gasteiger partial charge in [-0.05, 0) is 83.5 Å². The van der Waals surface area contributed by atoms with E-state index in [9.17, 15) is 0 Å². The monoisotopic (exact) mass is 326 g/mol. The van der Waals surface area contributed by atoms with Gasteiger partial charge >= 0.3 is 18.9 Å². The third kappa shape index (κ3) is 26.3. The molecule has 0 aliphatic heterocycles. The predicted octanol–water partition coefficient (Wildman–Crippen LogP) is 0.680. The molecule has 0 unspecified atom stereocenters. The van der Waals surface area contributed by atoms with Crippen LogP contribution in [0.15, 0.2) is 0 Å². The molecule has 0 aromatic heterocycles. The van der Waals surface area contributed by atoms with Gasteiger partial charge < -0.3 is 9.47 Å². The van der Waals surface area contributed by atoms with Gasteiger partial charge in [-0.2, -0.15) is 0 Å². The molecule has 0 atom stereocenters. The largest absolute Gasteiger partial charge is 1.00 e. The molecule has 0 heterocycles. The number of methoxy groups -OCH3 is 2. The molecular weight excluding hydrogens is 299 g/mol. The van der Waals surface area contributed by atoms with E-state index in [4.69, 9.17) is 0 Å². The van der Waals surface area contributed by atoms with Crippen LogP contribution in [-0.4, -0.2) is 27.4 Å². The van der Waals surface area contributed by atoms with E-state index in [-0.39, 0.29) is 35.9 Å². The Hall–Kier alpha value is 1.04. The molecular formula is C17H27FeLiO2+. The number of hydrogen-bond acceptors (Lipinski definition) is 2. The number of hydrogen-bond donors (Lipinski definition) is 0. The fourth-order valence-electron chi connectivity index (χ4n) is 1.34. The van der Waals surface area contributed by atoms with Gasteiger partial charge in [0.2, 0.25) is 0 Å². The van der Waals surface area contributed by atoms with Gasteiger partial charge in [0.05, 0.1) is 13.2 Å². The molecule has 2 rings (SSSR count). The fraction of sp³-hybridized carbons (Fsp3) is 0.471. The van der Waals surface area contributed by atoms with Gasteiger partial charge in [-0.25, -0.2) is 0 Å². The molecule has 21 heavy (non-hydrogen) atoms. The van der Waals surface area contributed by atoms with Gasteiger partial charge in [0, 0.05) is 31.3 Å². The molecule has 2 fully saturated rings. The molecule has 0 aromatic rings. The van der Waals surface area contributed by atoms with E-state index in [0.717, 1.165) is 0 Å². The van der Waals surface area contributed by atoms with E-state index in [2.05, 4.69) is 35.2 Å². The third-order valence-electron chi connectivity index (χ3n) is 2.38. The summed E-state index contributed by atoms with van der Waals surface area (Å²) in [6.45, 7) is 1.38. The Balaban J connectivity index is -0.000000227. The Kier molecular flexibility index (Phi) is 33.3. The summed E-state index contributed by atoms with van der Waals surface area (Å²) in [5.74, 6) is 0. The van der Waals surface area contributed by atoms with Crippen molar-refractivity contribution in [3.05, 3.63) is 57.8 Å². The van der Waals surface area contributed by atoms with Gasteiger partial charge in [0.15, 0.2) is 0 Å². The van der Waals surface area contributed by atoms with Crippen molar-refractivity contribution in [1.29, 1.82) is 0 Å². The molecule has 2 nitrogen and oxygen atoms in total. The normalized spacial score (nSPS) is 17.4. The minimum atomic E-state index is 0. The summed E-state index contributed by atoms with van der Waals surface area (Å²) in [5, 5.41) is 0. The number of ether oxygens (including phenoxy) is 2. The van der Waals surface area contributed by atoms with Crippen LogP contribution in [0.25, 0.3) is 0 Å². The van der Waals surface area contributed by atoms with Crippen LogP contribution in [0.2, 0.25) is 0 Å². The van der Waals surface area contributed by atoms with Crippen LogP contribution in [-0.2, 0) is 26.5 Å². The molecule has 0 amide bonds. The zero-order valence-electron chi connectivity index (χ0n) is 13.6. The maximum Gasteiger partial charge on any atom is 1.00 e. The molecule has 0 saturated heterocycles. The Morgan fingerprint density at radius 2 is 0.857 bits per heavy atom. The second-order valence-electron chi connectivity index (χ2n) is 4.05. The summed E-state index contributed by atoms with van der Waals surface area (Å²) >= 11 is 0. The Morgan fingerprint density at radius 3 is 1.05 bits per heavy atom. The van der Waals surface area contributed by atoms with Gasteiger partial charge in [-0.1, -0.05) is 0 Å². The van der Waals surface area contributed by atoms with Crippen LogP contribution >= 0.6 is 0 Å². The second-order valence-corrected chi connectivity index (χ2v) is 4.05. The molecule has 0 aromatic carbocycles. The molecule has 0 N–H and O–H groups in total. The van der Waals surface area contributed by atoms with E-state index >= 15 is 0 Å². The maximum absolute atomic E-state index is 4.66. The molecule has 2 aliphatic carbocycles. The van der Waals surface area contributed by atoms with Crippen molar-refractivity contribution >= 4 is 0 Å². The number of rotatable bonds is 3. The Morgan fingerprint density at radius 1 is 0.619 bits per heavy atom. The first-order valence-electron chi connectivity index (χ1n) is 6.86. The average Bonchev–Trinajstić information content (AvgIpc) is 2.95.